The summed E-state index contributed by atoms with van der Waals surface area (Å²) in [5.41, 5.74) is 1.13. The van der Waals surface area contributed by atoms with Crippen LogP contribution in [0.5, 0.6) is 0 Å². The first-order valence-corrected chi connectivity index (χ1v) is 6.29. The molecule has 0 aromatic heterocycles. The van der Waals surface area contributed by atoms with E-state index in [9.17, 15) is 4.79 Å². The Labute approximate surface area is 104 Å². The number of rotatable bonds is 4. The molecule has 1 aromatic carbocycles. The maximum Gasteiger partial charge on any atom is 0.137 e. The molecule has 1 aliphatic heterocycles. The molecule has 2 rings (SSSR count). The van der Waals surface area contributed by atoms with Crippen LogP contribution in [0, 0.1) is 9.49 Å². The van der Waals surface area contributed by atoms with Gasteiger partial charge < -0.3 is 5.32 Å². The second kappa shape index (κ2) is 5.07. The number of carbonyl (C=O) groups is 1. The van der Waals surface area contributed by atoms with Crippen molar-refractivity contribution in [1.29, 1.82) is 0 Å². The Bertz CT molecular complexity index is 343. The Morgan fingerprint density at radius 1 is 1.33 bits per heavy atom. The lowest BCUT2D eigenvalue weighted by Gasteiger charge is -2.26. The van der Waals surface area contributed by atoms with E-state index in [2.05, 4.69) is 27.9 Å². The van der Waals surface area contributed by atoms with Gasteiger partial charge in [0.25, 0.3) is 0 Å². The number of hydrogen-bond donors (Lipinski definition) is 1. The zero-order valence-corrected chi connectivity index (χ0v) is 10.7. The van der Waals surface area contributed by atoms with Crippen LogP contribution in [0.2, 0.25) is 0 Å². The van der Waals surface area contributed by atoms with E-state index in [1.54, 1.807) is 0 Å². The van der Waals surface area contributed by atoms with Gasteiger partial charge in [-0.3, -0.25) is 4.79 Å². The number of nitrogens with one attached hydrogen (secondary N) is 1. The van der Waals surface area contributed by atoms with Crippen molar-refractivity contribution in [3.8, 4) is 0 Å². The van der Waals surface area contributed by atoms with Crippen LogP contribution in [-0.2, 0) is 11.2 Å². The lowest BCUT2D eigenvalue weighted by molar-refractivity contribution is -0.119. The van der Waals surface area contributed by atoms with Gasteiger partial charge in [0.2, 0.25) is 0 Å². The topological polar surface area (TPSA) is 29.1 Å². The predicted molar refractivity (Wildman–Crippen MR) is 68.8 cm³/mol. The first-order chi connectivity index (χ1) is 7.24. The van der Waals surface area contributed by atoms with Gasteiger partial charge in [-0.2, -0.15) is 0 Å². The van der Waals surface area contributed by atoms with Gasteiger partial charge in [0.1, 0.15) is 5.78 Å². The summed E-state index contributed by atoms with van der Waals surface area (Å²) in [7, 11) is 0. The minimum absolute atomic E-state index is 0.364. The molecule has 2 nitrogen and oxygen atoms in total. The maximum atomic E-state index is 11.7. The average Bonchev–Trinajstić information content (AvgIpc) is 2.16. The number of benzene rings is 1. The van der Waals surface area contributed by atoms with E-state index in [-0.39, 0.29) is 0 Å². The van der Waals surface area contributed by atoms with E-state index in [4.69, 9.17) is 0 Å². The fraction of sp³-hybridized carbons (Fsp3) is 0.417. The number of Topliss-reactive ketones (excluding diaryl/α,β-unsaturated/α-hetero) is 1. The molecule has 0 bridgehead atoms. The van der Waals surface area contributed by atoms with E-state index >= 15 is 0 Å². The lowest BCUT2D eigenvalue weighted by Crippen LogP contribution is -2.43. The van der Waals surface area contributed by atoms with Gasteiger partial charge in [-0.1, -0.05) is 12.1 Å². The molecule has 1 fully saturated rings. The minimum atomic E-state index is 0.364. The summed E-state index contributed by atoms with van der Waals surface area (Å²) < 4.78 is 1.21. The summed E-state index contributed by atoms with van der Waals surface area (Å²) in [6.07, 6.45) is 1.33. The van der Waals surface area contributed by atoms with Gasteiger partial charge in [-0.15, -0.1) is 0 Å². The highest BCUT2D eigenvalue weighted by molar-refractivity contribution is 14.1. The fourth-order valence-electron chi connectivity index (χ4n) is 1.72. The summed E-state index contributed by atoms with van der Waals surface area (Å²) in [6.45, 7) is 2.02. The van der Waals surface area contributed by atoms with E-state index < -0.39 is 0 Å². The SMILES string of the molecule is O=C(Cc1ccc(I)cc1)CC1CNC1. The fourth-order valence-corrected chi connectivity index (χ4v) is 2.08. The second-order valence-corrected chi connectivity index (χ2v) is 5.32. The molecule has 0 unspecified atom stereocenters. The largest absolute Gasteiger partial charge is 0.316 e. The molecular formula is C12H14INO. The number of ketones is 1. The Morgan fingerprint density at radius 3 is 2.53 bits per heavy atom. The van der Waals surface area contributed by atoms with Crippen molar-refractivity contribution in [1.82, 2.24) is 5.32 Å². The lowest BCUT2D eigenvalue weighted by atomic mass is 9.94. The van der Waals surface area contributed by atoms with Gasteiger partial charge in [0.15, 0.2) is 0 Å². The molecule has 3 heteroatoms. The van der Waals surface area contributed by atoms with E-state index in [1.165, 1.54) is 3.57 Å². The molecule has 1 aromatic rings. The van der Waals surface area contributed by atoms with Gasteiger partial charge in [0.05, 0.1) is 0 Å². The molecule has 1 heterocycles. The van der Waals surface area contributed by atoms with Crippen molar-refractivity contribution in [2.24, 2.45) is 5.92 Å². The van der Waals surface area contributed by atoms with Crippen LogP contribution in [0.4, 0.5) is 0 Å². The molecular weight excluding hydrogens is 301 g/mol. The average molecular weight is 315 g/mol. The van der Waals surface area contributed by atoms with Crippen molar-refractivity contribution in [2.45, 2.75) is 12.8 Å². The summed E-state index contributed by atoms with van der Waals surface area (Å²) in [6, 6.07) is 8.18. The molecule has 0 saturated carbocycles. The van der Waals surface area contributed by atoms with Crippen LogP contribution in [0.25, 0.3) is 0 Å². The molecule has 0 amide bonds. The third-order valence-corrected chi connectivity index (χ3v) is 3.42. The minimum Gasteiger partial charge on any atom is -0.316 e. The normalized spacial score (nSPS) is 16.1. The quantitative estimate of drug-likeness (QED) is 0.861. The van der Waals surface area contributed by atoms with Gasteiger partial charge in [-0.05, 0) is 59.3 Å². The smallest absolute Gasteiger partial charge is 0.137 e. The standard InChI is InChI=1S/C12H14INO/c13-11-3-1-9(2-4-11)5-12(15)6-10-7-14-8-10/h1-4,10,14H,5-8H2. The number of halogens is 1. The number of carbonyl (C=O) groups excluding carboxylic acids is 1. The van der Waals surface area contributed by atoms with Crippen LogP contribution < -0.4 is 5.32 Å². The molecule has 1 N–H and O–H groups in total. The van der Waals surface area contributed by atoms with Crippen LogP contribution >= 0.6 is 22.6 Å². The summed E-state index contributed by atoms with van der Waals surface area (Å²) in [5, 5.41) is 3.18. The highest BCUT2D eigenvalue weighted by Gasteiger charge is 2.19. The molecule has 80 valence electrons. The predicted octanol–water partition coefficient (Wildman–Crippen LogP) is 2.01. The second-order valence-electron chi connectivity index (χ2n) is 4.07. The first-order valence-electron chi connectivity index (χ1n) is 5.21. The highest BCUT2D eigenvalue weighted by Crippen LogP contribution is 2.12. The Hall–Kier alpha value is -0.420. The maximum absolute atomic E-state index is 11.7. The number of hydrogen-bond acceptors (Lipinski definition) is 2. The first kappa shape index (κ1) is 11.1. The van der Waals surface area contributed by atoms with Crippen molar-refractivity contribution >= 4 is 28.4 Å². The molecule has 0 radical (unpaired) electrons. The van der Waals surface area contributed by atoms with E-state index in [0.29, 0.717) is 18.1 Å². The van der Waals surface area contributed by atoms with E-state index in [0.717, 1.165) is 25.1 Å². The van der Waals surface area contributed by atoms with Crippen molar-refractivity contribution < 1.29 is 4.79 Å². The monoisotopic (exact) mass is 315 g/mol. The molecule has 0 aliphatic carbocycles. The Balaban J connectivity index is 1.84. The summed E-state index contributed by atoms with van der Waals surface area (Å²) in [4.78, 5) is 11.7. The highest BCUT2D eigenvalue weighted by atomic mass is 127. The van der Waals surface area contributed by atoms with Gasteiger partial charge in [-0.25, -0.2) is 0 Å². The third-order valence-electron chi connectivity index (χ3n) is 2.70. The molecule has 0 spiro atoms. The third kappa shape index (κ3) is 3.28. The van der Waals surface area contributed by atoms with Crippen LogP contribution in [0.15, 0.2) is 24.3 Å². The van der Waals surface area contributed by atoms with Crippen LogP contribution in [0.3, 0.4) is 0 Å². The Morgan fingerprint density at radius 2 is 2.00 bits per heavy atom. The summed E-state index contributed by atoms with van der Waals surface area (Å²) >= 11 is 2.27. The Kier molecular flexibility index (Phi) is 3.75. The zero-order valence-electron chi connectivity index (χ0n) is 8.50. The molecule has 15 heavy (non-hydrogen) atoms. The summed E-state index contributed by atoms with van der Waals surface area (Å²) in [5.74, 6) is 0.948. The molecule has 1 saturated heterocycles. The van der Waals surface area contributed by atoms with Crippen molar-refractivity contribution in [3.05, 3.63) is 33.4 Å². The van der Waals surface area contributed by atoms with Crippen molar-refractivity contribution in [2.75, 3.05) is 13.1 Å². The van der Waals surface area contributed by atoms with Gasteiger partial charge in [0, 0.05) is 16.4 Å². The van der Waals surface area contributed by atoms with Crippen molar-refractivity contribution in [3.63, 3.8) is 0 Å². The van der Waals surface area contributed by atoms with Gasteiger partial charge >= 0.3 is 0 Å². The van der Waals surface area contributed by atoms with E-state index in [1.807, 2.05) is 24.3 Å². The molecule has 0 atom stereocenters. The van der Waals surface area contributed by atoms with Crippen LogP contribution in [0.1, 0.15) is 12.0 Å². The molecule has 1 aliphatic rings. The zero-order chi connectivity index (χ0) is 10.7. The van der Waals surface area contributed by atoms with Crippen LogP contribution in [-0.4, -0.2) is 18.9 Å².